The average Bonchev–Trinajstić information content (AvgIpc) is 2.42. The summed E-state index contributed by atoms with van der Waals surface area (Å²) in [5, 5.41) is 21.5. The highest BCUT2D eigenvalue weighted by atomic mass is 16.4. The van der Waals surface area contributed by atoms with Gasteiger partial charge in [-0.15, -0.1) is 0 Å². The molecule has 5 heteroatoms. The number of aromatic nitrogens is 2. The van der Waals surface area contributed by atoms with E-state index in [2.05, 4.69) is 5.10 Å². The van der Waals surface area contributed by atoms with Crippen LogP contribution >= 0.6 is 0 Å². The van der Waals surface area contributed by atoms with Crippen molar-refractivity contribution in [2.24, 2.45) is 0 Å². The summed E-state index contributed by atoms with van der Waals surface area (Å²) in [5.41, 5.74) is 0.844. The molecule has 0 aromatic carbocycles. The Labute approximate surface area is 68.2 Å². The van der Waals surface area contributed by atoms with Crippen LogP contribution in [0, 0.1) is 0 Å². The van der Waals surface area contributed by atoms with Gasteiger partial charge in [-0.25, -0.2) is 4.79 Å². The molecule has 1 aromatic heterocycles. The molecule has 1 unspecified atom stereocenters. The van der Waals surface area contributed by atoms with Crippen LogP contribution in [0.15, 0.2) is 6.07 Å². The second-order valence-corrected chi connectivity index (χ2v) is 2.87. The van der Waals surface area contributed by atoms with Crippen molar-refractivity contribution >= 4 is 5.97 Å². The third kappa shape index (κ3) is 0.984. The molecule has 0 saturated heterocycles. The number of carboxylic acids is 1. The van der Waals surface area contributed by atoms with Gasteiger partial charge in [0, 0.05) is 12.1 Å². The highest BCUT2D eigenvalue weighted by Crippen LogP contribution is 2.15. The van der Waals surface area contributed by atoms with Crippen molar-refractivity contribution in [1.82, 2.24) is 9.78 Å². The molecule has 0 saturated carbocycles. The summed E-state index contributed by atoms with van der Waals surface area (Å²) in [6.45, 7) is 0.405. The van der Waals surface area contributed by atoms with Gasteiger partial charge in [0.25, 0.3) is 0 Å². The smallest absolute Gasteiger partial charge is 0.356 e. The average molecular weight is 168 g/mol. The van der Waals surface area contributed by atoms with Crippen LogP contribution in [0.2, 0.25) is 0 Å². The van der Waals surface area contributed by atoms with Crippen LogP contribution in [-0.2, 0) is 13.0 Å². The van der Waals surface area contributed by atoms with Gasteiger partial charge in [-0.05, 0) is 6.07 Å². The Bertz CT molecular complexity index is 308. The number of rotatable bonds is 1. The van der Waals surface area contributed by atoms with Crippen molar-refractivity contribution in [3.05, 3.63) is 17.5 Å². The number of aliphatic hydroxyl groups is 1. The van der Waals surface area contributed by atoms with E-state index in [1.807, 2.05) is 0 Å². The number of aliphatic hydroxyl groups excluding tert-OH is 1. The fourth-order valence-electron chi connectivity index (χ4n) is 1.39. The standard InChI is InChI=1S/C7H8N2O3/c10-5-1-4-2-6(7(11)12)8-9(4)3-5/h2,5,10H,1,3H2,(H,11,12). The van der Waals surface area contributed by atoms with Crippen LogP contribution in [0.4, 0.5) is 0 Å². The van der Waals surface area contributed by atoms with Crippen molar-refractivity contribution < 1.29 is 15.0 Å². The largest absolute Gasteiger partial charge is 0.476 e. The Hall–Kier alpha value is -1.36. The summed E-state index contributed by atoms with van der Waals surface area (Å²) in [6.07, 6.45) is 0.0932. The van der Waals surface area contributed by atoms with Crippen LogP contribution < -0.4 is 0 Å². The second kappa shape index (κ2) is 2.31. The predicted octanol–water partition coefficient (Wildman–Crippen LogP) is -0.502. The van der Waals surface area contributed by atoms with Gasteiger partial charge in [-0.1, -0.05) is 0 Å². The van der Waals surface area contributed by atoms with Gasteiger partial charge in [0.2, 0.25) is 0 Å². The first-order chi connectivity index (χ1) is 5.66. The molecule has 0 aliphatic carbocycles. The molecule has 0 bridgehead atoms. The SMILES string of the molecule is O=C(O)c1cc2n(n1)CC(O)C2. The zero-order chi connectivity index (χ0) is 8.72. The fourth-order valence-corrected chi connectivity index (χ4v) is 1.39. The summed E-state index contributed by atoms with van der Waals surface area (Å²) in [6, 6.07) is 1.50. The third-order valence-corrected chi connectivity index (χ3v) is 1.91. The molecule has 0 radical (unpaired) electrons. The van der Waals surface area contributed by atoms with E-state index in [1.54, 1.807) is 0 Å². The van der Waals surface area contributed by atoms with Crippen LogP contribution in [0.25, 0.3) is 0 Å². The van der Waals surface area contributed by atoms with Crippen molar-refractivity contribution in [3.63, 3.8) is 0 Å². The molecule has 64 valence electrons. The van der Waals surface area contributed by atoms with E-state index in [-0.39, 0.29) is 5.69 Å². The van der Waals surface area contributed by atoms with Crippen molar-refractivity contribution in [2.45, 2.75) is 19.1 Å². The summed E-state index contributed by atoms with van der Waals surface area (Å²) in [5.74, 6) is -1.02. The number of hydrogen-bond donors (Lipinski definition) is 2. The lowest BCUT2D eigenvalue weighted by molar-refractivity contribution is 0.0688. The Morgan fingerprint density at radius 1 is 1.75 bits per heavy atom. The molecule has 0 amide bonds. The summed E-state index contributed by atoms with van der Waals surface area (Å²) < 4.78 is 1.54. The van der Waals surface area contributed by atoms with E-state index >= 15 is 0 Å². The summed E-state index contributed by atoms with van der Waals surface area (Å²) in [4.78, 5) is 10.4. The normalized spacial score (nSPS) is 20.9. The number of aromatic carboxylic acids is 1. The van der Waals surface area contributed by atoms with E-state index in [9.17, 15) is 4.79 Å². The number of fused-ring (bicyclic) bond motifs is 1. The van der Waals surface area contributed by atoms with Crippen LogP contribution in [-0.4, -0.2) is 32.1 Å². The van der Waals surface area contributed by atoms with Gasteiger partial charge < -0.3 is 10.2 Å². The van der Waals surface area contributed by atoms with E-state index in [0.29, 0.717) is 13.0 Å². The molecule has 2 heterocycles. The maximum atomic E-state index is 10.4. The molecular formula is C7H8N2O3. The van der Waals surface area contributed by atoms with Crippen molar-refractivity contribution in [1.29, 1.82) is 0 Å². The Morgan fingerprint density at radius 2 is 2.50 bits per heavy atom. The van der Waals surface area contributed by atoms with E-state index in [0.717, 1.165) is 5.69 Å². The predicted molar refractivity (Wildman–Crippen MR) is 38.9 cm³/mol. The number of nitrogens with zero attached hydrogens (tertiary/aromatic N) is 2. The third-order valence-electron chi connectivity index (χ3n) is 1.91. The minimum atomic E-state index is -1.02. The van der Waals surface area contributed by atoms with Gasteiger partial charge in [-0.3, -0.25) is 4.68 Å². The van der Waals surface area contributed by atoms with Gasteiger partial charge in [-0.2, -0.15) is 5.10 Å². The molecule has 2 rings (SSSR count). The first-order valence-electron chi connectivity index (χ1n) is 3.65. The maximum Gasteiger partial charge on any atom is 0.356 e. The van der Waals surface area contributed by atoms with Gasteiger partial charge in [0.05, 0.1) is 12.6 Å². The molecule has 5 nitrogen and oxygen atoms in total. The lowest BCUT2D eigenvalue weighted by atomic mass is 10.2. The van der Waals surface area contributed by atoms with Crippen LogP contribution in [0.3, 0.4) is 0 Å². The molecular weight excluding hydrogens is 160 g/mol. The van der Waals surface area contributed by atoms with Crippen LogP contribution in [0.5, 0.6) is 0 Å². The number of hydrogen-bond acceptors (Lipinski definition) is 3. The number of carbonyl (C=O) groups is 1. The Morgan fingerprint density at radius 3 is 3.08 bits per heavy atom. The summed E-state index contributed by atoms with van der Waals surface area (Å²) in [7, 11) is 0. The lowest BCUT2D eigenvalue weighted by Gasteiger charge is -1.96. The van der Waals surface area contributed by atoms with Crippen molar-refractivity contribution in [2.75, 3.05) is 0 Å². The highest BCUT2D eigenvalue weighted by molar-refractivity contribution is 5.85. The molecule has 0 fully saturated rings. The lowest BCUT2D eigenvalue weighted by Crippen LogP contribution is -2.09. The minimum absolute atomic E-state index is 0.0527. The highest BCUT2D eigenvalue weighted by Gasteiger charge is 2.22. The van der Waals surface area contributed by atoms with Gasteiger partial charge >= 0.3 is 5.97 Å². The Balaban J connectivity index is 2.34. The van der Waals surface area contributed by atoms with Gasteiger partial charge in [0.1, 0.15) is 0 Å². The maximum absolute atomic E-state index is 10.4. The minimum Gasteiger partial charge on any atom is -0.476 e. The van der Waals surface area contributed by atoms with E-state index < -0.39 is 12.1 Å². The quantitative estimate of drug-likeness (QED) is 0.592. The van der Waals surface area contributed by atoms with E-state index in [1.165, 1.54) is 10.7 Å². The van der Waals surface area contributed by atoms with Gasteiger partial charge in [0.15, 0.2) is 5.69 Å². The molecule has 0 spiro atoms. The first kappa shape index (κ1) is 7.30. The number of carboxylic acid groups (broad SMARTS) is 1. The zero-order valence-corrected chi connectivity index (χ0v) is 6.27. The summed E-state index contributed by atoms with van der Waals surface area (Å²) >= 11 is 0. The molecule has 1 atom stereocenters. The van der Waals surface area contributed by atoms with E-state index in [4.69, 9.17) is 10.2 Å². The topological polar surface area (TPSA) is 75.3 Å². The molecule has 12 heavy (non-hydrogen) atoms. The molecule has 1 aromatic rings. The second-order valence-electron chi connectivity index (χ2n) is 2.87. The molecule has 2 N–H and O–H groups in total. The first-order valence-corrected chi connectivity index (χ1v) is 3.65. The Kier molecular flexibility index (Phi) is 1.41. The van der Waals surface area contributed by atoms with Crippen molar-refractivity contribution in [3.8, 4) is 0 Å². The molecule has 1 aliphatic rings. The van der Waals surface area contributed by atoms with Crippen LogP contribution in [0.1, 0.15) is 16.2 Å². The zero-order valence-electron chi connectivity index (χ0n) is 6.27. The fraction of sp³-hybridized carbons (Fsp3) is 0.429. The molecule has 1 aliphatic heterocycles. The monoisotopic (exact) mass is 168 g/mol.